The fourth-order valence-corrected chi connectivity index (χ4v) is 2.70. The van der Waals surface area contributed by atoms with Crippen molar-refractivity contribution < 1.29 is 14.3 Å². The Morgan fingerprint density at radius 3 is 2.47 bits per heavy atom. The van der Waals surface area contributed by atoms with Gasteiger partial charge in [-0.25, -0.2) is 4.79 Å². The number of hydrogen-bond donors (Lipinski definition) is 2. The van der Waals surface area contributed by atoms with Crippen molar-refractivity contribution in [1.82, 2.24) is 15.5 Å². The molecule has 2 fully saturated rings. The van der Waals surface area contributed by atoms with E-state index in [2.05, 4.69) is 10.6 Å². The van der Waals surface area contributed by atoms with E-state index >= 15 is 0 Å². The number of hydrogen-bond acceptors (Lipinski definition) is 4. The number of ether oxygens (including phenoxy) is 1. The zero-order valence-corrected chi connectivity index (χ0v) is 11.9. The molecule has 0 radical (unpaired) electrons. The smallest absolute Gasteiger partial charge is 0.411 e. The maximum Gasteiger partial charge on any atom is 0.411 e. The summed E-state index contributed by atoms with van der Waals surface area (Å²) in [6.45, 7) is 8.01. The van der Waals surface area contributed by atoms with Crippen molar-refractivity contribution in [3.05, 3.63) is 0 Å². The number of nitrogens with zero attached hydrogens (tertiary/aromatic N) is 1. The first kappa shape index (κ1) is 14.1. The quantitative estimate of drug-likeness (QED) is 0.671. The summed E-state index contributed by atoms with van der Waals surface area (Å²) in [6.07, 6.45) is 0.889. The molecule has 0 saturated carbocycles. The lowest BCUT2D eigenvalue weighted by atomic mass is 9.84. The first-order valence-corrected chi connectivity index (χ1v) is 6.85. The van der Waals surface area contributed by atoms with Crippen molar-refractivity contribution in [2.45, 2.75) is 44.8 Å². The summed E-state index contributed by atoms with van der Waals surface area (Å²) in [5.74, 6) is -0.0499. The van der Waals surface area contributed by atoms with Crippen molar-refractivity contribution in [2.24, 2.45) is 0 Å². The summed E-state index contributed by atoms with van der Waals surface area (Å²) in [7, 11) is 0. The molecule has 0 aromatic heterocycles. The molecule has 2 aliphatic heterocycles. The average Bonchev–Trinajstić information content (AvgIpc) is 2.32. The van der Waals surface area contributed by atoms with Crippen LogP contribution in [0.5, 0.6) is 0 Å². The molecule has 0 unspecified atom stereocenters. The zero-order valence-electron chi connectivity index (χ0n) is 11.9. The molecule has 2 N–H and O–H groups in total. The van der Waals surface area contributed by atoms with Crippen molar-refractivity contribution in [3.8, 4) is 0 Å². The van der Waals surface area contributed by atoms with E-state index < -0.39 is 11.1 Å². The topological polar surface area (TPSA) is 70.7 Å². The predicted octanol–water partition coefficient (Wildman–Crippen LogP) is 0.476. The summed E-state index contributed by atoms with van der Waals surface area (Å²) >= 11 is 0. The van der Waals surface area contributed by atoms with Gasteiger partial charge in [0.05, 0.1) is 0 Å². The third kappa shape index (κ3) is 2.83. The van der Waals surface area contributed by atoms with E-state index in [4.69, 9.17) is 4.74 Å². The van der Waals surface area contributed by atoms with E-state index in [1.54, 1.807) is 4.90 Å². The van der Waals surface area contributed by atoms with Gasteiger partial charge in [0.15, 0.2) is 0 Å². The van der Waals surface area contributed by atoms with Gasteiger partial charge >= 0.3 is 6.09 Å². The van der Waals surface area contributed by atoms with E-state index in [0.717, 1.165) is 13.1 Å². The Bertz CT molecular complexity index is 370. The van der Waals surface area contributed by atoms with E-state index in [1.807, 2.05) is 20.8 Å². The Balaban J connectivity index is 2.20. The Morgan fingerprint density at radius 1 is 1.26 bits per heavy atom. The molecule has 19 heavy (non-hydrogen) atoms. The van der Waals surface area contributed by atoms with Crippen LogP contribution < -0.4 is 10.6 Å². The number of nitrogens with one attached hydrogen (secondary N) is 2. The van der Waals surface area contributed by atoms with Gasteiger partial charge in [-0.3, -0.25) is 9.69 Å². The predicted molar refractivity (Wildman–Crippen MR) is 70.8 cm³/mol. The first-order chi connectivity index (χ1) is 8.85. The molecule has 2 aliphatic rings. The van der Waals surface area contributed by atoms with Crippen LogP contribution in [0.4, 0.5) is 4.79 Å². The molecule has 6 nitrogen and oxygen atoms in total. The first-order valence-electron chi connectivity index (χ1n) is 6.85. The number of piperazine rings is 1. The van der Waals surface area contributed by atoms with Gasteiger partial charge in [-0.1, -0.05) is 0 Å². The second-order valence-electron chi connectivity index (χ2n) is 6.17. The Morgan fingerprint density at radius 2 is 1.89 bits per heavy atom. The third-order valence-corrected chi connectivity index (χ3v) is 3.60. The third-order valence-electron chi connectivity index (χ3n) is 3.60. The van der Waals surface area contributed by atoms with Gasteiger partial charge in [-0.05, 0) is 46.7 Å². The molecule has 0 atom stereocenters. The molecule has 2 heterocycles. The van der Waals surface area contributed by atoms with Crippen LogP contribution >= 0.6 is 0 Å². The highest BCUT2D eigenvalue weighted by atomic mass is 16.6. The van der Waals surface area contributed by atoms with Crippen molar-refractivity contribution in [2.75, 3.05) is 26.2 Å². The number of amides is 2. The minimum Gasteiger partial charge on any atom is -0.444 e. The van der Waals surface area contributed by atoms with Crippen molar-refractivity contribution >= 4 is 12.0 Å². The Hall–Kier alpha value is -1.30. The van der Waals surface area contributed by atoms with Gasteiger partial charge < -0.3 is 15.4 Å². The summed E-state index contributed by atoms with van der Waals surface area (Å²) in [4.78, 5) is 26.2. The molecular weight excluding hydrogens is 246 g/mol. The van der Waals surface area contributed by atoms with Crippen molar-refractivity contribution in [1.29, 1.82) is 0 Å². The molecular formula is C13H23N3O3. The number of piperidine rings is 1. The Kier molecular flexibility index (Phi) is 3.71. The maximum atomic E-state index is 12.3. The SMILES string of the molecule is CC(C)(C)OC(=O)N1CCNC(=O)C12CCNCC2. The van der Waals surface area contributed by atoms with E-state index in [0.29, 0.717) is 25.9 Å². The highest BCUT2D eigenvalue weighted by Crippen LogP contribution is 2.30. The van der Waals surface area contributed by atoms with Gasteiger partial charge in [0.25, 0.3) is 0 Å². The minimum atomic E-state index is -0.730. The molecule has 0 aromatic rings. The van der Waals surface area contributed by atoms with E-state index in [9.17, 15) is 9.59 Å². The van der Waals surface area contributed by atoms with Crippen LogP contribution in [0, 0.1) is 0 Å². The molecule has 0 bridgehead atoms. The molecule has 0 aliphatic carbocycles. The largest absolute Gasteiger partial charge is 0.444 e. The summed E-state index contributed by atoms with van der Waals surface area (Å²) in [6, 6.07) is 0. The van der Waals surface area contributed by atoms with Gasteiger partial charge in [-0.15, -0.1) is 0 Å². The van der Waals surface area contributed by atoms with E-state index in [1.165, 1.54) is 0 Å². The fraction of sp³-hybridized carbons (Fsp3) is 0.846. The van der Waals surface area contributed by atoms with Crippen LogP contribution in [0.3, 0.4) is 0 Å². The van der Waals surface area contributed by atoms with Crippen LogP contribution in [0.1, 0.15) is 33.6 Å². The summed E-state index contributed by atoms with van der Waals surface area (Å²) in [5, 5.41) is 6.10. The zero-order chi connectivity index (χ0) is 14.1. The lowest BCUT2D eigenvalue weighted by molar-refractivity contribution is -0.139. The number of carbonyl (C=O) groups is 2. The second kappa shape index (κ2) is 5.00. The van der Waals surface area contributed by atoms with Crippen LogP contribution in [0.2, 0.25) is 0 Å². The fourth-order valence-electron chi connectivity index (χ4n) is 2.70. The highest BCUT2D eigenvalue weighted by Gasteiger charge is 2.50. The summed E-state index contributed by atoms with van der Waals surface area (Å²) < 4.78 is 5.44. The monoisotopic (exact) mass is 269 g/mol. The molecule has 1 spiro atoms. The molecule has 6 heteroatoms. The highest BCUT2D eigenvalue weighted by molar-refractivity contribution is 5.91. The molecule has 2 saturated heterocycles. The molecule has 2 amide bonds. The maximum absolute atomic E-state index is 12.3. The van der Waals surface area contributed by atoms with Crippen LogP contribution in [-0.4, -0.2) is 54.2 Å². The van der Waals surface area contributed by atoms with Crippen LogP contribution in [-0.2, 0) is 9.53 Å². The molecule has 0 aromatic carbocycles. The normalized spacial score (nSPS) is 23.1. The van der Waals surface area contributed by atoms with E-state index in [-0.39, 0.29) is 12.0 Å². The molecule has 108 valence electrons. The van der Waals surface area contributed by atoms with Gasteiger partial charge in [0.1, 0.15) is 11.1 Å². The van der Waals surface area contributed by atoms with Gasteiger partial charge in [-0.2, -0.15) is 0 Å². The van der Waals surface area contributed by atoms with Gasteiger partial charge in [0, 0.05) is 13.1 Å². The minimum absolute atomic E-state index is 0.0499. The van der Waals surface area contributed by atoms with Crippen molar-refractivity contribution in [3.63, 3.8) is 0 Å². The average molecular weight is 269 g/mol. The standard InChI is InChI=1S/C13H23N3O3/c1-12(2,3)19-11(18)16-9-8-15-10(17)13(16)4-6-14-7-5-13/h14H,4-9H2,1-3H3,(H,15,17). The van der Waals surface area contributed by atoms with Crippen LogP contribution in [0.25, 0.3) is 0 Å². The van der Waals surface area contributed by atoms with Gasteiger partial charge in [0.2, 0.25) is 5.91 Å². The summed E-state index contributed by atoms with van der Waals surface area (Å²) in [5.41, 5.74) is -1.27. The lowest BCUT2D eigenvalue weighted by Crippen LogP contribution is -2.69. The van der Waals surface area contributed by atoms with Crippen LogP contribution in [0.15, 0.2) is 0 Å². The number of rotatable bonds is 0. The lowest BCUT2D eigenvalue weighted by Gasteiger charge is -2.47. The molecule has 2 rings (SSSR count). The second-order valence-corrected chi connectivity index (χ2v) is 6.17. The number of carbonyl (C=O) groups excluding carboxylic acids is 2. The Labute approximate surface area is 113 Å².